The lowest BCUT2D eigenvalue weighted by atomic mass is 10.1. The second-order valence-corrected chi connectivity index (χ2v) is 8.10. The molecule has 0 amide bonds. The monoisotopic (exact) mass is 418 g/mol. The van der Waals surface area contributed by atoms with Crippen LogP contribution in [0.4, 0.5) is 0 Å². The Kier molecular flexibility index (Phi) is 24.3. The number of rotatable bonds is 20. The molecule has 172 valence electrons. The minimum absolute atomic E-state index is 0.0976. The van der Waals surface area contributed by atoms with Crippen molar-refractivity contribution in [3.05, 3.63) is 0 Å². The Hall–Kier alpha value is -1.45. The number of esters is 1. The number of aliphatic hydroxyl groups is 1. The molecule has 0 atom stereocenters. The smallest absolute Gasteiger partial charge is 0.305 e. The molecule has 30 heavy (non-hydrogen) atoms. The molecule has 0 heterocycles. The van der Waals surface area contributed by atoms with Crippen LogP contribution in [0, 0.1) is 23.7 Å². The van der Waals surface area contributed by atoms with Crippen LogP contribution in [0.15, 0.2) is 0 Å². The second-order valence-electron chi connectivity index (χ2n) is 8.10. The number of aliphatic hydroxyl groups excluding tert-OH is 1. The summed E-state index contributed by atoms with van der Waals surface area (Å²) in [5, 5.41) is 8.57. The van der Waals surface area contributed by atoms with Crippen LogP contribution < -0.4 is 0 Å². The molecule has 0 aromatic rings. The van der Waals surface area contributed by atoms with E-state index in [0.717, 1.165) is 38.5 Å². The Labute approximate surface area is 186 Å². The normalized spacial score (nSPS) is 10.1. The van der Waals surface area contributed by atoms with Crippen molar-refractivity contribution in [1.82, 2.24) is 0 Å². The van der Waals surface area contributed by atoms with E-state index in [1.807, 2.05) is 0 Å². The molecule has 0 saturated heterocycles. The van der Waals surface area contributed by atoms with Crippen LogP contribution in [-0.2, 0) is 9.53 Å². The predicted octanol–water partition coefficient (Wildman–Crippen LogP) is 6.96. The predicted molar refractivity (Wildman–Crippen MR) is 127 cm³/mol. The fourth-order valence-electron chi connectivity index (χ4n) is 3.34. The fraction of sp³-hybridized carbons (Fsp3) is 0.815. The van der Waals surface area contributed by atoms with Crippen LogP contribution in [0.2, 0.25) is 0 Å². The van der Waals surface area contributed by atoms with Crippen LogP contribution in [-0.4, -0.2) is 24.3 Å². The highest BCUT2D eigenvalue weighted by Crippen LogP contribution is 2.11. The van der Waals surface area contributed by atoms with Crippen molar-refractivity contribution in [3.8, 4) is 23.7 Å². The number of ether oxygens (including phenoxy) is 1. The van der Waals surface area contributed by atoms with Gasteiger partial charge < -0.3 is 9.84 Å². The Morgan fingerprint density at radius 2 is 1.10 bits per heavy atom. The first-order valence-electron chi connectivity index (χ1n) is 12.5. The zero-order chi connectivity index (χ0) is 22.0. The van der Waals surface area contributed by atoms with E-state index in [9.17, 15) is 4.79 Å². The topological polar surface area (TPSA) is 46.5 Å². The van der Waals surface area contributed by atoms with Crippen LogP contribution in [0.1, 0.15) is 129 Å². The largest absolute Gasteiger partial charge is 0.463 e. The molecule has 0 aromatic carbocycles. The average Bonchev–Trinajstić information content (AvgIpc) is 2.75. The van der Waals surface area contributed by atoms with Gasteiger partial charge in [0.2, 0.25) is 0 Å². The zero-order valence-electron chi connectivity index (χ0n) is 19.6. The quantitative estimate of drug-likeness (QED) is 0.132. The van der Waals surface area contributed by atoms with Gasteiger partial charge in [0.1, 0.15) is 6.61 Å². The summed E-state index contributed by atoms with van der Waals surface area (Å²) < 4.78 is 4.82. The molecular formula is C27H46O3. The van der Waals surface area contributed by atoms with E-state index in [1.54, 1.807) is 0 Å². The third-order valence-corrected chi connectivity index (χ3v) is 5.18. The van der Waals surface area contributed by atoms with Gasteiger partial charge in [-0.2, -0.15) is 0 Å². The van der Waals surface area contributed by atoms with Crippen molar-refractivity contribution in [3.63, 3.8) is 0 Å². The summed E-state index contributed by atoms with van der Waals surface area (Å²) in [7, 11) is 0. The highest BCUT2D eigenvalue weighted by Gasteiger charge is 2.01. The Bertz CT molecular complexity index is 490. The summed E-state index contributed by atoms with van der Waals surface area (Å²) in [6, 6.07) is 0. The molecule has 0 aliphatic heterocycles. The summed E-state index contributed by atoms with van der Waals surface area (Å²) in [4.78, 5) is 11.3. The van der Waals surface area contributed by atoms with Crippen molar-refractivity contribution in [2.75, 3.05) is 13.2 Å². The summed E-state index contributed by atoms with van der Waals surface area (Å²) in [6.45, 7) is 2.29. The molecule has 3 nitrogen and oxygen atoms in total. The third-order valence-electron chi connectivity index (χ3n) is 5.18. The third kappa shape index (κ3) is 24.6. The van der Waals surface area contributed by atoms with E-state index >= 15 is 0 Å². The maximum absolute atomic E-state index is 11.3. The number of unbranched alkanes of at least 4 members (excludes halogenated alkanes) is 16. The summed E-state index contributed by atoms with van der Waals surface area (Å²) in [5.41, 5.74) is 0. The molecule has 0 unspecified atom stereocenters. The number of hydrogen-bond donors (Lipinski definition) is 1. The van der Waals surface area contributed by atoms with Gasteiger partial charge in [0.05, 0.1) is 6.61 Å². The summed E-state index contributed by atoms with van der Waals surface area (Å²) in [6.07, 6.45) is 22.6. The molecule has 0 bridgehead atoms. The molecule has 0 saturated carbocycles. The molecular weight excluding hydrogens is 372 g/mol. The van der Waals surface area contributed by atoms with Gasteiger partial charge in [0.25, 0.3) is 0 Å². The minimum atomic E-state index is -0.200. The van der Waals surface area contributed by atoms with Gasteiger partial charge in [-0.3, -0.25) is 4.79 Å². The van der Waals surface area contributed by atoms with Gasteiger partial charge in [-0.15, -0.1) is 0 Å². The molecule has 0 aromatic heterocycles. The Balaban J connectivity index is 3.28. The summed E-state index contributed by atoms with van der Waals surface area (Å²) >= 11 is 0. The van der Waals surface area contributed by atoms with E-state index in [0.29, 0.717) is 6.42 Å². The molecule has 0 aliphatic rings. The molecule has 1 N–H and O–H groups in total. The van der Waals surface area contributed by atoms with Crippen LogP contribution in [0.25, 0.3) is 0 Å². The Morgan fingerprint density at radius 1 is 0.667 bits per heavy atom. The highest BCUT2D eigenvalue weighted by molar-refractivity contribution is 5.69. The lowest BCUT2D eigenvalue weighted by molar-refractivity contribution is -0.144. The van der Waals surface area contributed by atoms with Gasteiger partial charge >= 0.3 is 5.97 Å². The van der Waals surface area contributed by atoms with E-state index < -0.39 is 0 Å². The van der Waals surface area contributed by atoms with Gasteiger partial charge in [-0.05, 0) is 31.1 Å². The molecule has 0 radical (unpaired) electrons. The van der Waals surface area contributed by atoms with E-state index in [4.69, 9.17) is 9.84 Å². The van der Waals surface area contributed by atoms with Gasteiger partial charge in [0.15, 0.2) is 0 Å². The SMILES string of the molecule is CCCCCCCCCCCCC#CC#CCCCCCCCCC(=O)OCCO. The minimum Gasteiger partial charge on any atom is -0.463 e. The van der Waals surface area contributed by atoms with Crippen molar-refractivity contribution >= 4 is 5.97 Å². The molecule has 0 spiro atoms. The van der Waals surface area contributed by atoms with Gasteiger partial charge in [0, 0.05) is 19.3 Å². The maximum atomic E-state index is 11.3. The standard InChI is InChI=1S/C27H46O3/c1-2-3-4-5-6-7-8-9-10-11-12-13-14-15-16-17-18-19-20-21-22-23-24-27(29)30-26-25-28/h28H,2-12,17-26H2,1H3. The van der Waals surface area contributed by atoms with Crippen LogP contribution in [0.3, 0.4) is 0 Å². The van der Waals surface area contributed by atoms with Crippen molar-refractivity contribution < 1.29 is 14.6 Å². The average molecular weight is 419 g/mol. The second kappa shape index (κ2) is 25.6. The van der Waals surface area contributed by atoms with Crippen molar-refractivity contribution in [2.24, 2.45) is 0 Å². The van der Waals surface area contributed by atoms with Crippen LogP contribution >= 0.6 is 0 Å². The number of carbonyl (C=O) groups excluding carboxylic acids is 1. The first-order valence-corrected chi connectivity index (χ1v) is 12.5. The highest BCUT2D eigenvalue weighted by atomic mass is 16.5. The van der Waals surface area contributed by atoms with Gasteiger partial charge in [-0.1, -0.05) is 102 Å². The lowest BCUT2D eigenvalue weighted by Gasteiger charge is -2.02. The molecule has 0 fully saturated rings. The van der Waals surface area contributed by atoms with Crippen molar-refractivity contribution in [2.45, 2.75) is 129 Å². The number of hydrogen-bond acceptors (Lipinski definition) is 3. The lowest BCUT2D eigenvalue weighted by Crippen LogP contribution is -2.07. The van der Waals surface area contributed by atoms with E-state index in [-0.39, 0.29) is 19.2 Å². The first-order chi connectivity index (χ1) is 14.8. The Morgan fingerprint density at radius 3 is 1.57 bits per heavy atom. The maximum Gasteiger partial charge on any atom is 0.305 e. The first kappa shape index (κ1) is 28.5. The van der Waals surface area contributed by atoms with Crippen molar-refractivity contribution in [1.29, 1.82) is 0 Å². The fourth-order valence-corrected chi connectivity index (χ4v) is 3.34. The van der Waals surface area contributed by atoms with Crippen LogP contribution in [0.5, 0.6) is 0 Å². The zero-order valence-corrected chi connectivity index (χ0v) is 19.6. The van der Waals surface area contributed by atoms with Gasteiger partial charge in [-0.25, -0.2) is 0 Å². The van der Waals surface area contributed by atoms with E-state index in [2.05, 4.69) is 30.6 Å². The van der Waals surface area contributed by atoms with E-state index in [1.165, 1.54) is 77.0 Å². The number of carbonyl (C=O) groups is 1. The molecule has 0 rings (SSSR count). The molecule has 0 aliphatic carbocycles. The molecule has 3 heteroatoms. The summed E-state index contributed by atoms with van der Waals surface area (Å²) in [5.74, 6) is 12.1.